The smallest absolute Gasteiger partial charge is 0.0462 e. The minimum Gasteiger partial charge on any atom is -0.311 e. The summed E-state index contributed by atoms with van der Waals surface area (Å²) in [4.78, 5) is 2.34. The highest BCUT2D eigenvalue weighted by Crippen LogP contribution is 2.42. The number of hydrogen-bond donors (Lipinski definition) is 0. The first-order chi connectivity index (χ1) is 24.8. The van der Waals surface area contributed by atoms with Crippen molar-refractivity contribution in [2.75, 3.05) is 4.90 Å². The Balaban J connectivity index is 1.09. The first-order valence-corrected chi connectivity index (χ1v) is 17.8. The van der Waals surface area contributed by atoms with Gasteiger partial charge in [0.2, 0.25) is 0 Å². The zero-order valence-corrected chi connectivity index (χ0v) is 28.2. The van der Waals surface area contributed by atoms with E-state index in [0.717, 1.165) is 17.1 Å². The highest BCUT2D eigenvalue weighted by atomic mass is 32.1. The molecule has 0 aliphatic heterocycles. The van der Waals surface area contributed by atoms with Crippen molar-refractivity contribution in [2.45, 2.75) is 0 Å². The molecule has 2 heteroatoms. The lowest BCUT2D eigenvalue weighted by molar-refractivity contribution is 1.28. The van der Waals surface area contributed by atoms with Crippen molar-refractivity contribution in [2.24, 2.45) is 0 Å². The van der Waals surface area contributed by atoms with Gasteiger partial charge < -0.3 is 4.90 Å². The Labute approximate surface area is 297 Å². The van der Waals surface area contributed by atoms with Crippen LogP contribution in [0.25, 0.3) is 64.7 Å². The molecule has 0 saturated heterocycles. The molecular weight excluding hydrogens is 623 g/mol. The topological polar surface area (TPSA) is 3.24 Å². The third kappa shape index (κ3) is 5.66. The molecule has 0 radical (unpaired) electrons. The normalized spacial score (nSPS) is 11.2. The van der Waals surface area contributed by atoms with Crippen LogP contribution in [0.3, 0.4) is 0 Å². The van der Waals surface area contributed by atoms with Crippen molar-refractivity contribution in [3.63, 3.8) is 0 Å². The molecule has 236 valence electrons. The maximum Gasteiger partial charge on any atom is 0.0462 e. The third-order valence-corrected chi connectivity index (χ3v) is 10.7. The third-order valence-electron chi connectivity index (χ3n) is 9.46. The van der Waals surface area contributed by atoms with Crippen LogP contribution in [0.4, 0.5) is 17.1 Å². The maximum absolute atomic E-state index is 2.34. The summed E-state index contributed by atoms with van der Waals surface area (Å²) in [6, 6.07) is 72.2. The first-order valence-electron chi connectivity index (χ1n) is 17.0. The number of rotatable bonds is 7. The molecule has 1 nitrogen and oxygen atoms in total. The molecule has 0 aliphatic carbocycles. The van der Waals surface area contributed by atoms with Crippen LogP contribution in [0.1, 0.15) is 0 Å². The van der Waals surface area contributed by atoms with E-state index in [4.69, 9.17) is 0 Å². The van der Waals surface area contributed by atoms with Crippen molar-refractivity contribution in [1.82, 2.24) is 0 Å². The van der Waals surface area contributed by atoms with E-state index in [-0.39, 0.29) is 0 Å². The molecule has 1 heterocycles. The summed E-state index contributed by atoms with van der Waals surface area (Å²) < 4.78 is 2.66. The van der Waals surface area contributed by atoms with Gasteiger partial charge in [0, 0.05) is 37.2 Å². The number of nitrogens with zero attached hydrogens (tertiary/aromatic N) is 1. The number of fused-ring (bicyclic) bond motifs is 3. The van der Waals surface area contributed by atoms with Crippen LogP contribution in [0.2, 0.25) is 0 Å². The number of hydrogen-bond acceptors (Lipinski definition) is 2. The second kappa shape index (κ2) is 13.0. The largest absolute Gasteiger partial charge is 0.311 e. The number of anilines is 3. The standard InChI is InChI=1S/C48H33NS/c1-4-13-34(14-5-1)38-31-39(35-15-6-2-7-16-35)33-40(32-38)36-23-27-42(28-24-36)49(41-17-8-3-9-18-41)43-29-25-37(26-30-43)44-20-12-21-46-45-19-10-11-22-47(45)50-48(44)46/h1-33H. The van der Waals surface area contributed by atoms with Gasteiger partial charge in [-0.3, -0.25) is 0 Å². The summed E-state index contributed by atoms with van der Waals surface area (Å²) >= 11 is 1.88. The first kappa shape index (κ1) is 29.9. The molecule has 0 bridgehead atoms. The lowest BCUT2D eigenvalue weighted by Crippen LogP contribution is -2.09. The monoisotopic (exact) mass is 655 g/mol. The lowest BCUT2D eigenvalue weighted by Gasteiger charge is -2.26. The van der Waals surface area contributed by atoms with E-state index in [0.29, 0.717) is 0 Å². The van der Waals surface area contributed by atoms with Gasteiger partial charge in [-0.25, -0.2) is 0 Å². The van der Waals surface area contributed by atoms with Crippen molar-refractivity contribution in [1.29, 1.82) is 0 Å². The van der Waals surface area contributed by atoms with Gasteiger partial charge in [-0.1, -0.05) is 140 Å². The van der Waals surface area contributed by atoms with E-state index < -0.39 is 0 Å². The highest BCUT2D eigenvalue weighted by Gasteiger charge is 2.15. The predicted octanol–water partition coefficient (Wildman–Crippen LogP) is 14.2. The van der Waals surface area contributed by atoms with Crippen molar-refractivity contribution >= 4 is 48.6 Å². The van der Waals surface area contributed by atoms with E-state index in [1.165, 1.54) is 64.7 Å². The molecule has 0 saturated carbocycles. The Hall–Kier alpha value is -6.22. The van der Waals surface area contributed by atoms with Gasteiger partial charge in [0.05, 0.1) is 0 Å². The molecule has 0 fully saturated rings. The van der Waals surface area contributed by atoms with E-state index in [2.05, 4.69) is 205 Å². The maximum atomic E-state index is 2.34. The van der Waals surface area contributed by atoms with Crippen LogP contribution in [-0.4, -0.2) is 0 Å². The Morgan fingerprint density at radius 2 is 0.740 bits per heavy atom. The Morgan fingerprint density at radius 3 is 1.32 bits per heavy atom. The zero-order valence-electron chi connectivity index (χ0n) is 27.4. The minimum atomic E-state index is 1.11. The van der Waals surface area contributed by atoms with Crippen LogP contribution in [0, 0.1) is 0 Å². The molecule has 50 heavy (non-hydrogen) atoms. The van der Waals surface area contributed by atoms with E-state index in [1.807, 2.05) is 11.3 Å². The second-order valence-electron chi connectivity index (χ2n) is 12.6. The average molecular weight is 656 g/mol. The molecule has 8 aromatic carbocycles. The van der Waals surface area contributed by atoms with Gasteiger partial charge in [-0.05, 0) is 105 Å². The van der Waals surface area contributed by atoms with Gasteiger partial charge in [-0.15, -0.1) is 11.3 Å². The van der Waals surface area contributed by atoms with Crippen LogP contribution in [-0.2, 0) is 0 Å². The summed E-state index contributed by atoms with van der Waals surface area (Å²) in [5, 5.41) is 2.65. The van der Waals surface area contributed by atoms with Gasteiger partial charge >= 0.3 is 0 Å². The SMILES string of the molecule is c1ccc(-c2cc(-c3ccccc3)cc(-c3ccc(N(c4ccccc4)c4ccc(-c5cccc6c5sc5ccccc56)cc4)cc3)c2)cc1. The Kier molecular flexibility index (Phi) is 7.77. The molecule has 0 aliphatic rings. The number of thiophene rings is 1. The van der Waals surface area contributed by atoms with E-state index in [9.17, 15) is 0 Å². The lowest BCUT2D eigenvalue weighted by atomic mass is 9.93. The Morgan fingerprint density at radius 1 is 0.300 bits per heavy atom. The molecule has 0 unspecified atom stereocenters. The number of benzene rings is 8. The molecule has 1 aromatic heterocycles. The van der Waals surface area contributed by atoms with Gasteiger partial charge in [0.15, 0.2) is 0 Å². The molecule has 9 aromatic rings. The Bertz CT molecular complexity index is 2490. The molecule has 9 rings (SSSR count). The molecule has 0 amide bonds. The van der Waals surface area contributed by atoms with Gasteiger partial charge in [0.25, 0.3) is 0 Å². The number of para-hydroxylation sites is 1. The summed E-state index contributed by atoms with van der Waals surface area (Å²) in [7, 11) is 0. The van der Waals surface area contributed by atoms with Crippen LogP contribution in [0.15, 0.2) is 200 Å². The average Bonchev–Trinajstić information content (AvgIpc) is 3.59. The highest BCUT2D eigenvalue weighted by molar-refractivity contribution is 7.26. The summed E-state index contributed by atoms with van der Waals surface area (Å²) in [5.74, 6) is 0. The fourth-order valence-electron chi connectivity index (χ4n) is 6.98. The van der Waals surface area contributed by atoms with Crippen molar-refractivity contribution < 1.29 is 0 Å². The quantitative estimate of drug-likeness (QED) is 0.165. The van der Waals surface area contributed by atoms with Crippen LogP contribution in [0.5, 0.6) is 0 Å². The summed E-state index contributed by atoms with van der Waals surface area (Å²) in [6.45, 7) is 0. The van der Waals surface area contributed by atoms with E-state index >= 15 is 0 Å². The fraction of sp³-hybridized carbons (Fsp3) is 0. The summed E-state index contributed by atoms with van der Waals surface area (Å²) in [6.07, 6.45) is 0. The van der Waals surface area contributed by atoms with E-state index in [1.54, 1.807) is 0 Å². The predicted molar refractivity (Wildman–Crippen MR) is 216 cm³/mol. The van der Waals surface area contributed by atoms with Crippen LogP contribution >= 0.6 is 11.3 Å². The summed E-state index contributed by atoms with van der Waals surface area (Å²) in [5.41, 5.74) is 13.1. The van der Waals surface area contributed by atoms with Gasteiger partial charge in [-0.2, -0.15) is 0 Å². The van der Waals surface area contributed by atoms with Crippen molar-refractivity contribution in [3.05, 3.63) is 200 Å². The van der Waals surface area contributed by atoms with Crippen LogP contribution < -0.4 is 4.90 Å². The zero-order chi connectivity index (χ0) is 33.3. The molecule has 0 spiro atoms. The minimum absolute atomic E-state index is 1.11. The molecule has 0 atom stereocenters. The second-order valence-corrected chi connectivity index (χ2v) is 13.6. The van der Waals surface area contributed by atoms with Crippen molar-refractivity contribution in [3.8, 4) is 44.5 Å². The molecular formula is C48H33NS. The fourth-order valence-corrected chi connectivity index (χ4v) is 8.22. The molecule has 0 N–H and O–H groups in total. The van der Waals surface area contributed by atoms with Gasteiger partial charge in [0.1, 0.15) is 0 Å².